The van der Waals surface area contributed by atoms with Gasteiger partial charge in [0.2, 0.25) is 0 Å². The van der Waals surface area contributed by atoms with E-state index in [2.05, 4.69) is 45.1 Å². The van der Waals surface area contributed by atoms with Crippen LogP contribution in [0.3, 0.4) is 0 Å². The largest absolute Gasteiger partial charge is 0.444 e. The van der Waals surface area contributed by atoms with Crippen LogP contribution in [0.2, 0.25) is 0 Å². The highest BCUT2D eigenvalue weighted by Crippen LogP contribution is 2.28. The first-order valence-electron chi connectivity index (χ1n) is 10.1. The van der Waals surface area contributed by atoms with Gasteiger partial charge in [-0.25, -0.2) is 9.78 Å². The van der Waals surface area contributed by atoms with Gasteiger partial charge in [-0.2, -0.15) is 0 Å². The highest BCUT2D eigenvalue weighted by Gasteiger charge is 2.26. The van der Waals surface area contributed by atoms with Gasteiger partial charge in [-0.05, 0) is 51.5 Å². The molecule has 1 aliphatic rings. The first-order valence-corrected chi connectivity index (χ1v) is 10.1. The van der Waals surface area contributed by atoms with Crippen molar-refractivity contribution in [3.63, 3.8) is 0 Å². The Balaban J connectivity index is 1.49. The molecule has 1 aromatic heterocycles. The normalized spacial score (nSPS) is 17.0. The van der Waals surface area contributed by atoms with E-state index in [1.807, 2.05) is 46.0 Å². The van der Waals surface area contributed by atoms with E-state index in [0.717, 1.165) is 47.6 Å². The summed E-state index contributed by atoms with van der Waals surface area (Å²) in [5.41, 5.74) is 3.86. The minimum absolute atomic E-state index is 0.0873. The number of rotatable bonds is 3. The predicted molar refractivity (Wildman–Crippen MR) is 116 cm³/mol. The summed E-state index contributed by atoms with van der Waals surface area (Å²) in [6, 6.07) is 16.7. The van der Waals surface area contributed by atoms with Gasteiger partial charge in [-0.3, -0.25) is 0 Å². The Labute approximate surface area is 171 Å². The van der Waals surface area contributed by atoms with E-state index in [0.29, 0.717) is 0 Å². The summed E-state index contributed by atoms with van der Waals surface area (Å²) in [6.07, 6.45) is 0.549. The first-order chi connectivity index (χ1) is 13.8. The molecule has 2 heterocycles. The third-order valence-corrected chi connectivity index (χ3v) is 5.17. The number of hydrogen-bond acceptors (Lipinski definition) is 4. The van der Waals surface area contributed by atoms with Gasteiger partial charge in [0.1, 0.15) is 11.4 Å². The fourth-order valence-corrected chi connectivity index (χ4v) is 3.83. The maximum absolute atomic E-state index is 12.1. The van der Waals surface area contributed by atoms with Gasteiger partial charge in [0, 0.05) is 31.4 Å². The molecule has 6 heteroatoms. The summed E-state index contributed by atoms with van der Waals surface area (Å²) >= 11 is 0. The Kier molecular flexibility index (Phi) is 4.94. The molecule has 1 amide bonds. The van der Waals surface area contributed by atoms with Crippen LogP contribution in [0.25, 0.3) is 22.4 Å². The van der Waals surface area contributed by atoms with Gasteiger partial charge in [-0.15, -0.1) is 0 Å². The molecule has 0 radical (unpaired) electrons. The zero-order chi connectivity index (χ0) is 20.6. The van der Waals surface area contributed by atoms with Crippen molar-refractivity contribution in [2.24, 2.45) is 7.05 Å². The molecule has 0 aliphatic carbocycles. The molecule has 4 rings (SSSR count). The molecule has 0 bridgehead atoms. The maximum atomic E-state index is 12.1. The number of aromatic nitrogens is 2. The van der Waals surface area contributed by atoms with Crippen LogP contribution >= 0.6 is 0 Å². The summed E-state index contributed by atoms with van der Waals surface area (Å²) in [4.78, 5) is 19.2. The van der Waals surface area contributed by atoms with Crippen LogP contribution in [-0.4, -0.2) is 40.4 Å². The lowest BCUT2D eigenvalue weighted by Gasteiger charge is -2.22. The molecule has 1 N–H and O–H groups in total. The lowest BCUT2D eigenvalue weighted by atomic mass is 10.1. The molecule has 2 aromatic carbocycles. The zero-order valence-corrected chi connectivity index (χ0v) is 17.5. The Morgan fingerprint density at radius 3 is 2.72 bits per heavy atom. The topological polar surface area (TPSA) is 59.4 Å². The Morgan fingerprint density at radius 1 is 1.17 bits per heavy atom. The molecule has 0 spiro atoms. The third kappa shape index (κ3) is 4.21. The number of alkyl carbamates (subject to hydrolysis) is 1. The molecule has 1 saturated heterocycles. The number of aryl methyl sites for hydroxylation is 1. The lowest BCUT2D eigenvalue weighted by molar-refractivity contribution is 0.0509. The minimum Gasteiger partial charge on any atom is -0.444 e. The summed E-state index contributed by atoms with van der Waals surface area (Å²) < 4.78 is 7.51. The molecule has 1 fully saturated rings. The smallest absolute Gasteiger partial charge is 0.407 e. The molecule has 1 aliphatic heterocycles. The van der Waals surface area contributed by atoms with E-state index in [1.165, 1.54) is 0 Å². The molecule has 1 atom stereocenters. The Morgan fingerprint density at radius 2 is 1.97 bits per heavy atom. The number of amides is 1. The Hall–Kier alpha value is -3.02. The highest BCUT2D eigenvalue weighted by molar-refractivity contribution is 5.81. The maximum Gasteiger partial charge on any atom is 0.407 e. The van der Waals surface area contributed by atoms with Gasteiger partial charge in [0.25, 0.3) is 0 Å². The molecule has 3 aromatic rings. The lowest BCUT2D eigenvalue weighted by Crippen LogP contribution is -2.40. The highest BCUT2D eigenvalue weighted by atomic mass is 16.6. The summed E-state index contributed by atoms with van der Waals surface area (Å²) in [6.45, 7) is 7.29. The van der Waals surface area contributed by atoms with Gasteiger partial charge in [-0.1, -0.05) is 24.3 Å². The summed E-state index contributed by atoms with van der Waals surface area (Å²) in [7, 11) is 2.05. The SMILES string of the molecule is Cn1c(-c2cccc(N3CCC(NC(=O)OC(C)(C)C)C3)c2)nc2ccccc21. The summed E-state index contributed by atoms with van der Waals surface area (Å²) in [5.74, 6) is 0.954. The average molecular weight is 393 g/mol. The van der Waals surface area contributed by atoms with Gasteiger partial charge in [0.15, 0.2) is 0 Å². The number of anilines is 1. The number of ether oxygens (including phenoxy) is 1. The first kappa shape index (κ1) is 19.3. The number of para-hydroxylation sites is 2. The van der Waals surface area contributed by atoms with Crippen LogP contribution in [0.1, 0.15) is 27.2 Å². The minimum atomic E-state index is -0.484. The molecule has 0 saturated carbocycles. The van der Waals surface area contributed by atoms with Crippen LogP contribution in [0.15, 0.2) is 48.5 Å². The second-order valence-corrected chi connectivity index (χ2v) is 8.61. The van der Waals surface area contributed by atoms with Gasteiger partial charge >= 0.3 is 6.09 Å². The van der Waals surface area contributed by atoms with E-state index in [-0.39, 0.29) is 12.1 Å². The van der Waals surface area contributed by atoms with E-state index < -0.39 is 5.60 Å². The number of hydrogen-bond donors (Lipinski definition) is 1. The molecule has 29 heavy (non-hydrogen) atoms. The van der Waals surface area contributed by atoms with E-state index >= 15 is 0 Å². The standard InChI is InChI=1S/C23H28N4O2/c1-23(2,3)29-22(28)24-17-12-13-27(15-17)18-9-7-8-16(14-18)21-25-19-10-5-6-11-20(19)26(21)4/h5-11,14,17H,12-13,15H2,1-4H3,(H,24,28). The predicted octanol–water partition coefficient (Wildman–Crippen LogP) is 4.34. The second-order valence-electron chi connectivity index (χ2n) is 8.61. The van der Waals surface area contributed by atoms with Crippen LogP contribution in [0.4, 0.5) is 10.5 Å². The number of nitrogens with zero attached hydrogens (tertiary/aromatic N) is 3. The number of fused-ring (bicyclic) bond motifs is 1. The fraction of sp³-hybridized carbons (Fsp3) is 0.391. The third-order valence-electron chi connectivity index (χ3n) is 5.17. The van der Waals surface area contributed by atoms with Crippen molar-refractivity contribution in [1.82, 2.24) is 14.9 Å². The monoisotopic (exact) mass is 392 g/mol. The molecule has 6 nitrogen and oxygen atoms in total. The van der Waals surface area contributed by atoms with Crippen molar-refractivity contribution in [3.8, 4) is 11.4 Å². The number of imidazole rings is 1. The number of carbonyl (C=O) groups excluding carboxylic acids is 1. The van der Waals surface area contributed by atoms with E-state index in [1.54, 1.807) is 0 Å². The van der Waals surface area contributed by atoms with Crippen molar-refractivity contribution in [1.29, 1.82) is 0 Å². The van der Waals surface area contributed by atoms with Crippen molar-refractivity contribution in [3.05, 3.63) is 48.5 Å². The van der Waals surface area contributed by atoms with Crippen LogP contribution < -0.4 is 10.2 Å². The summed E-state index contributed by atoms with van der Waals surface area (Å²) in [5, 5.41) is 2.99. The van der Waals surface area contributed by atoms with Gasteiger partial charge < -0.3 is 19.5 Å². The van der Waals surface area contributed by atoms with Crippen molar-refractivity contribution < 1.29 is 9.53 Å². The van der Waals surface area contributed by atoms with Crippen LogP contribution in [0, 0.1) is 0 Å². The molecule has 1 unspecified atom stereocenters. The fourth-order valence-electron chi connectivity index (χ4n) is 3.83. The van der Waals surface area contributed by atoms with E-state index in [4.69, 9.17) is 9.72 Å². The van der Waals surface area contributed by atoms with Gasteiger partial charge in [0.05, 0.1) is 17.1 Å². The quantitative estimate of drug-likeness (QED) is 0.720. The van der Waals surface area contributed by atoms with Crippen molar-refractivity contribution in [2.75, 3.05) is 18.0 Å². The number of benzene rings is 2. The molecular formula is C23H28N4O2. The van der Waals surface area contributed by atoms with Crippen molar-refractivity contribution in [2.45, 2.75) is 38.8 Å². The van der Waals surface area contributed by atoms with E-state index in [9.17, 15) is 4.79 Å². The Bertz CT molecular complexity index is 1030. The number of nitrogens with one attached hydrogen (secondary N) is 1. The number of carbonyl (C=O) groups is 1. The van der Waals surface area contributed by atoms with Crippen LogP contribution in [0.5, 0.6) is 0 Å². The zero-order valence-electron chi connectivity index (χ0n) is 17.5. The average Bonchev–Trinajstić information content (AvgIpc) is 3.25. The molecular weight excluding hydrogens is 364 g/mol. The molecule has 152 valence electrons. The second kappa shape index (κ2) is 7.43. The van der Waals surface area contributed by atoms with Crippen LogP contribution in [-0.2, 0) is 11.8 Å². The van der Waals surface area contributed by atoms with Crippen molar-refractivity contribution >= 4 is 22.8 Å².